The number of hydrogen-bond acceptors (Lipinski definition) is 3. The molecule has 0 amide bonds. The van der Waals surface area contributed by atoms with Crippen LogP contribution >= 0.6 is 27.3 Å². The van der Waals surface area contributed by atoms with Gasteiger partial charge in [-0.3, -0.25) is 0 Å². The number of hydrogen-bond donors (Lipinski definition) is 0. The monoisotopic (exact) mass is 189 g/mol. The summed E-state index contributed by atoms with van der Waals surface area (Å²) in [5.74, 6) is 0. The standard InChI is InChI=1S/C3BrN3S/c1-5-3-7-6-2(4)8-3. The van der Waals surface area contributed by atoms with E-state index in [1.807, 2.05) is 0 Å². The molecule has 0 unspecified atom stereocenters. The molecule has 0 atom stereocenters. The Balaban J connectivity index is 3.05. The molecule has 0 saturated heterocycles. The van der Waals surface area contributed by atoms with Crippen molar-refractivity contribution in [1.29, 1.82) is 0 Å². The van der Waals surface area contributed by atoms with E-state index in [0.29, 0.717) is 9.05 Å². The minimum Gasteiger partial charge on any atom is -0.350 e. The normalized spacial score (nSPS) is 8.50. The summed E-state index contributed by atoms with van der Waals surface area (Å²) in [5, 5.41) is 7.43. The Morgan fingerprint density at radius 2 is 2.38 bits per heavy atom. The molecule has 0 saturated carbocycles. The fourth-order valence-corrected chi connectivity index (χ4v) is 1.12. The summed E-state index contributed by atoms with van der Waals surface area (Å²) in [6.07, 6.45) is 0. The fraction of sp³-hybridized carbons (Fsp3) is 0. The van der Waals surface area contributed by atoms with E-state index < -0.39 is 0 Å². The van der Waals surface area contributed by atoms with Crippen LogP contribution in [0.5, 0.6) is 0 Å². The minimum absolute atomic E-state index is 0.372. The first kappa shape index (κ1) is 5.66. The van der Waals surface area contributed by atoms with E-state index >= 15 is 0 Å². The van der Waals surface area contributed by atoms with Gasteiger partial charge in [-0.2, -0.15) is 0 Å². The quantitative estimate of drug-likeness (QED) is 0.584. The molecule has 1 heterocycles. The lowest BCUT2D eigenvalue weighted by Crippen LogP contribution is -1.60. The van der Waals surface area contributed by atoms with Crippen molar-refractivity contribution in [2.75, 3.05) is 0 Å². The zero-order chi connectivity index (χ0) is 5.98. The van der Waals surface area contributed by atoms with Crippen LogP contribution in [0.1, 0.15) is 0 Å². The van der Waals surface area contributed by atoms with E-state index in [1.54, 1.807) is 0 Å². The van der Waals surface area contributed by atoms with Crippen LogP contribution < -0.4 is 0 Å². The lowest BCUT2D eigenvalue weighted by molar-refractivity contribution is 1.08. The van der Waals surface area contributed by atoms with Crippen molar-refractivity contribution in [2.45, 2.75) is 0 Å². The second-order valence-corrected chi connectivity index (χ2v) is 3.18. The van der Waals surface area contributed by atoms with Gasteiger partial charge in [-0.25, -0.2) is 0 Å². The summed E-state index contributed by atoms with van der Waals surface area (Å²) in [4.78, 5) is 3.06. The summed E-state index contributed by atoms with van der Waals surface area (Å²) in [6, 6.07) is 0. The molecule has 0 N–H and O–H groups in total. The maximum atomic E-state index is 6.47. The summed E-state index contributed by atoms with van der Waals surface area (Å²) in [7, 11) is 0. The number of halogens is 1. The van der Waals surface area contributed by atoms with Crippen molar-refractivity contribution in [2.24, 2.45) is 0 Å². The summed E-state index contributed by atoms with van der Waals surface area (Å²) in [6.45, 7) is 6.47. The molecule has 0 bridgehead atoms. The van der Waals surface area contributed by atoms with Crippen LogP contribution in [-0.4, -0.2) is 10.2 Å². The predicted octanol–water partition coefficient (Wildman–Crippen LogP) is 1.85. The van der Waals surface area contributed by atoms with E-state index in [9.17, 15) is 0 Å². The lowest BCUT2D eigenvalue weighted by Gasteiger charge is -1.64. The first-order valence-corrected chi connectivity index (χ1v) is 3.30. The Labute approximate surface area is 58.3 Å². The molecular formula is C3BrN3S. The smallest absolute Gasteiger partial charge is 0.350 e. The Kier molecular flexibility index (Phi) is 1.56. The first-order chi connectivity index (χ1) is 3.83. The molecule has 0 aromatic carbocycles. The van der Waals surface area contributed by atoms with Crippen molar-refractivity contribution < 1.29 is 0 Å². The predicted molar refractivity (Wildman–Crippen MR) is 33.9 cm³/mol. The maximum absolute atomic E-state index is 6.47. The third-order valence-electron chi connectivity index (χ3n) is 0.485. The molecule has 0 radical (unpaired) electrons. The molecular weight excluding hydrogens is 190 g/mol. The zero-order valence-corrected chi connectivity index (χ0v) is 6.03. The van der Waals surface area contributed by atoms with E-state index in [-0.39, 0.29) is 0 Å². The molecule has 0 spiro atoms. The van der Waals surface area contributed by atoms with Crippen LogP contribution in [0.15, 0.2) is 3.92 Å². The van der Waals surface area contributed by atoms with Crippen molar-refractivity contribution in [3.63, 3.8) is 0 Å². The van der Waals surface area contributed by atoms with Gasteiger partial charge in [0.1, 0.15) is 0 Å². The van der Waals surface area contributed by atoms with Gasteiger partial charge in [-0.05, 0) is 21.0 Å². The Morgan fingerprint density at radius 3 is 2.62 bits per heavy atom. The van der Waals surface area contributed by atoms with Crippen LogP contribution in [0.25, 0.3) is 4.85 Å². The number of nitrogens with zero attached hydrogens (tertiary/aromatic N) is 3. The van der Waals surface area contributed by atoms with Gasteiger partial charge in [0.15, 0.2) is 3.92 Å². The largest absolute Gasteiger partial charge is 0.356 e. The second-order valence-electron chi connectivity index (χ2n) is 0.949. The first-order valence-electron chi connectivity index (χ1n) is 1.69. The molecule has 1 aromatic rings. The van der Waals surface area contributed by atoms with Crippen LogP contribution in [-0.2, 0) is 0 Å². The second kappa shape index (κ2) is 2.20. The van der Waals surface area contributed by atoms with Gasteiger partial charge in [0.2, 0.25) is 0 Å². The SMILES string of the molecule is [C-]#[N+]c1nnc(Br)s1. The minimum atomic E-state index is 0.372. The molecule has 5 heteroatoms. The average Bonchev–Trinajstić information content (AvgIpc) is 2.14. The summed E-state index contributed by atoms with van der Waals surface area (Å²) >= 11 is 4.30. The Morgan fingerprint density at radius 1 is 1.62 bits per heavy atom. The highest BCUT2D eigenvalue weighted by Gasteiger charge is 1.98. The highest BCUT2D eigenvalue weighted by atomic mass is 79.9. The number of aromatic nitrogens is 2. The van der Waals surface area contributed by atoms with Gasteiger partial charge in [0.25, 0.3) is 0 Å². The highest BCUT2D eigenvalue weighted by molar-refractivity contribution is 9.11. The zero-order valence-electron chi connectivity index (χ0n) is 3.63. The van der Waals surface area contributed by atoms with Crippen molar-refractivity contribution in [1.82, 2.24) is 10.2 Å². The topological polar surface area (TPSA) is 30.1 Å². The number of rotatable bonds is 0. The van der Waals surface area contributed by atoms with Crippen molar-refractivity contribution in [3.8, 4) is 0 Å². The van der Waals surface area contributed by atoms with Crippen LogP contribution in [0.4, 0.5) is 5.13 Å². The Bertz CT molecular complexity index is 225. The van der Waals surface area contributed by atoms with E-state index in [0.717, 1.165) is 0 Å². The van der Waals surface area contributed by atoms with E-state index in [1.165, 1.54) is 11.3 Å². The molecule has 1 aromatic heterocycles. The third-order valence-corrected chi connectivity index (χ3v) is 1.74. The lowest BCUT2D eigenvalue weighted by atomic mass is 11.3. The molecule has 0 aliphatic rings. The van der Waals surface area contributed by atoms with E-state index in [2.05, 4.69) is 31.0 Å². The maximum Gasteiger partial charge on any atom is 0.356 e. The van der Waals surface area contributed by atoms with Gasteiger partial charge in [-0.15, -0.1) is 11.3 Å². The van der Waals surface area contributed by atoms with Crippen molar-refractivity contribution >= 4 is 32.4 Å². The highest BCUT2D eigenvalue weighted by Crippen LogP contribution is 2.21. The van der Waals surface area contributed by atoms with Crippen molar-refractivity contribution in [3.05, 3.63) is 15.3 Å². The Hall–Kier alpha value is -0.470. The summed E-state index contributed by atoms with van der Waals surface area (Å²) in [5.41, 5.74) is 0. The third kappa shape index (κ3) is 1.02. The van der Waals surface area contributed by atoms with E-state index in [4.69, 9.17) is 6.57 Å². The van der Waals surface area contributed by atoms with Crippen LogP contribution in [0.2, 0.25) is 0 Å². The van der Waals surface area contributed by atoms with Gasteiger partial charge in [0, 0.05) is 5.10 Å². The molecule has 0 aliphatic carbocycles. The molecule has 0 aliphatic heterocycles. The fourth-order valence-electron chi connectivity index (χ4n) is 0.243. The van der Waals surface area contributed by atoms with Crippen LogP contribution in [0.3, 0.4) is 0 Å². The molecule has 8 heavy (non-hydrogen) atoms. The van der Waals surface area contributed by atoms with Gasteiger partial charge < -0.3 is 4.85 Å². The molecule has 0 fully saturated rings. The van der Waals surface area contributed by atoms with Gasteiger partial charge in [-0.1, -0.05) is 6.57 Å². The average molecular weight is 190 g/mol. The summed E-state index contributed by atoms with van der Waals surface area (Å²) < 4.78 is 0.656. The molecule has 40 valence electrons. The van der Waals surface area contributed by atoms with Gasteiger partial charge >= 0.3 is 5.13 Å². The van der Waals surface area contributed by atoms with Crippen LogP contribution in [0, 0.1) is 6.57 Å². The molecule has 3 nitrogen and oxygen atoms in total. The van der Waals surface area contributed by atoms with Gasteiger partial charge in [0.05, 0.1) is 0 Å². The molecule has 1 rings (SSSR count).